The van der Waals surface area contributed by atoms with Crippen LogP contribution < -0.4 is 11.1 Å². The first-order valence-corrected chi connectivity index (χ1v) is 6.39. The lowest BCUT2D eigenvalue weighted by molar-refractivity contribution is -0.141. The van der Waals surface area contributed by atoms with E-state index in [2.05, 4.69) is 10.1 Å². The molecule has 0 aliphatic rings. The molecule has 0 radical (unpaired) electrons. The molecule has 6 nitrogen and oxygen atoms in total. The first-order chi connectivity index (χ1) is 9.65. The fourth-order valence-corrected chi connectivity index (χ4v) is 1.47. The largest absolute Gasteiger partial charge is 0.469 e. The molecule has 0 spiro atoms. The number of hydrogen-bond acceptors (Lipinski definition) is 5. The Kier molecular flexibility index (Phi) is 7.31. The highest BCUT2D eigenvalue weighted by atomic mass is 16.5. The molecule has 0 bridgehead atoms. The van der Waals surface area contributed by atoms with Crippen molar-refractivity contribution >= 4 is 17.6 Å². The highest BCUT2D eigenvalue weighted by molar-refractivity contribution is 5.90. The predicted octanol–water partition coefficient (Wildman–Crippen LogP) is 1.05. The maximum atomic E-state index is 11.6. The number of carbonyl (C=O) groups excluding carboxylic acids is 2. The van der Waals surface area contributed by atoms with Crippen LogP contribution in [0.4, 0.5) is 5.69 Å². The van der Waals surface area contributed by atoms with Crippen LogP contribution in [0.25, 0.3) is 0 Å². The summed E-state index contributed by atoms with van der Waals surface area (Å²) in [7, 11) is 1.33. The zero-order valence-electron chi connectivity index (χ0n) is 11.6. The number of rotatable bonds is 8. The first kappa shape index (κ1) is 16.1. The number of carbonyl (C=O) groups is 2. The normalized spacial score (nSPS) is 10.1. The molecule has 0 aliphatic carbocycles. The fourth-order valence-electron chi connectivity index (χ4n) is 1.47. The molecular weight excluding hydrogens is 260 g/mol. The Morgan fingerprint density at radius 1 is 1.15 bits per heavy atom. The summed E-state index contributed by atoms with van der Waals surface area (Å²) < 4.78 is 9.64. The smallest absolute Gasteiger partial charge is 0.307 e. The summed E-state index contributed by atoms with van der Waals surface area (Å²) in [5.74, 6) is -0.460. The highest BCUT2D eigenvalue weighted by Crippen LogP contribution is 2.09. The van der Waals surface area contributed by atoms with Crippen LogP contribution in [0.2, 0.25) is 0 Å². The summed E-state index contributed by atoms with van der Waals surface area (Å²) in [6.45, 7) is 0.997. The molecule has 0 saturated carbocycles. The summed E-state index contributed by atoms with van der Waals surface area (Å²) >= 11 is 0. The van der Waals surface area contributed by atoms with Crippen molar-refractivity contribution in [1.29, 1.82) is 0 Å². The van der Waals surface area contributed by atoms with Gasteiger partial charge in [0.15, 0.2) is 0 Å². The second-order valence-electron chi connectivity index (χ2n) is 4.14. The van der Waals surface area contributed by atoms with Crippen LogP contribution in [0.1, 0.15) is 18.4 Å². The number of esters is 1. The van der Waals surface area contributed by atoms with E-state index in [9.17, 15) is 9.59 Å². The summed E-state index contributed by atoms with van der Waals surface area (Å²) in [5.41, 5.74) is 7.22. The average Bonchev–Trinajstić information content (AvgIpc) is 2.47. The molecule has 0 atom stereocenters. The van der Waals surface area contributed by atoms with Gasteiger partial charge in [0, 0.05) is 12.2 Å². The number of nitrogens with one attached hydrogen (secondary N) is 1. The number of anilines is 1. The molecule has 1 rings (SSSR count). The highest BCUT2D eigenvalue weighted by Gasteiger charge is 2.04. The van der Waals surface area contributed by atoms with E-state index in [0.717, 1.165) is 11.3 Å². The van der Waals surface area contributed by atoms with Crippen LogP contribution in [0.15, 0.2) is 24.3 Å². The van der Waals surface area contributed by atoms with Gasteiger partial charge in [0.1, 0.15) is 0 Å². The van der Waals surface area contributed by atoms with Crippen LogP contribution in [-0.4, -0.2) is 32.2 Å². The Hall–Kier alpha value is -1.92. The Balaban J connectivity index is 2.18. The van der Waals surface area contributed by atoms with Crippen molar-refractivity contribution in [3.8, 4) is 0 Å². The topological polar surface area (TPSA) is 90.6 Å². The molecule has 0 heterocycles. The molecule has 3 N–H and O–H groups in total. The van der Waals surface area contributed by atoms with E-state index in [1.165, 1.54) is 7.11 Å². The summed E-state index contributed by atoms with van der Waals surface area (Å²) in [5, 5.41) is 2.75. The molecule has 1 amide bonds. The third-order valence-electron chi connectivity index (χ3n) is 2.63. The number of hydrogen-bond donors (Lipinski definition) is 2. The Morgan fingerprint density at radius 2 is 1.80 bits per heavy atom. The van der Waals surface area contributed by atoms with Gasteiger partial charge in [-0.1, -0.05) is 12.1 Å². The maximum Gasteiger partial charge on any atom is 0.307 e. The van der Waals surface area contributed by atoms with Crippen LogP contribution >= 0.6 is 0 Å². The fraction of sp³-hybridized carbons (Fsp3) is 0.429. The van der Waals surface area contributed by atoms with E-state index in [-0.39, 0.29) is 37.9 Å². The van der Waals surface area contributed by atoms with Crippen molar-refractivity contribution in [3.05, 3.63) is 29.8 Å². The Morgan fingerprint density at radius 3 is 2.40 bits per heavy atom. The summed E-state index contributed by atoms with van der Waals surface area (Å²) in [6, 6.07) is 7.33. The molecule has 6 heteroatoms. The number of benzene rings is 1. The molecular formula is C14H20N2O4. The van der Waals surface area contributed by atoms with Gasteiger partial charge < -0.3 is 20.5 Å². The predicted molar refractivity (Wildman–Crippen MR) is 75.0 cm³/mol. The molecule has 110 valence electrons. The lowest BCUT2D eigenvalue weighted by atomic mass is 10.2. The molecule has 0 fully saturated rings. The minimum atomic E-state index is -0.325. The molecule has 1 aromatic rings. The van der Waals surface area contributed by atoms with Crippen molar-refractivity contribution < 1.29 is 19.1 Å². The molecule has 0 aliphatic heterocycles. The quantitative estimate of drug-likeness (QED) is 0.549. The molecule has 20 heavy (non-hydrogen) atoms. The van der Waals surface area contributed by atoms with E-state index in [0.29, 0.717) is 6.54 Å². The van der Waals surface area contributed by atoms with Crippen molar-refractivity contribution in [1.82, 2.24) is 0 Å². The summed E-state index contributed by atoms with van der Waals surface area (Å²) in [6.07, 6.45) is 0.429. The monoisotopic (exact) mass is 280 g/mol. The van der Waals surface area contributed by atoms with Crippen molar-refractivity contribution in [2.24, 2.45) is 5.73 Å². The van der Waals surface area contributed by atoms with Gasteiger partial charge in [0.05, 0.1) is 33.2 Å². The first-order valence-electron chi connectivity index (χ1n) is 6.39. The zero-order valence-corrected chi connectivity index (χ0v) is 11.6. The zero-order chi connectivity index (χ0) is 14.8. The van der Waals surface area contributed by atoms with Gasteiger partial charge in [-0.15, -0.1) is 0 Å². The minimum absolute atomic E-state index is 0.136. The van der Waals surface area contributed by atoms with Crippen molar-refractivity contribution in [2.75, 3.05) is 25.6 Å². The van der Waals surface area contributed by atoms with Crippen LogP contribution in [-0.2, 0) is 25.6 Å². The number of nitrogens with two attached hydrogens (primary N) is 1. The van der Waals surface area contributed by atoms with Gasteiger partial charge in [-0.05, 0) is 17.7 Å². The maximum absolute atomic E-state index is 11.6. The van der Waals surface area contributed by atoms with E-state index < -0.39 is 0 Å². The Labute approximate surface area is 118 Å². The van der Waals surface area contributed by atoms with E-state index in [1.807, 2.05) is 12.1 Å². The van der Waals surface area contributed by atoms with E-state index >= 15 is 0 Å². The van der Waals surface area contributed by atoms with Crippen LogP contribution in [0, 0.1) is 0 Å². The van der Waals surface area contributed by atoms with Gasteiger partial charge in [-0.25, -0.2) is 0 Å². The van der Waals surface area contributed by atoms with Crippen molar-refractivity contribution in [2.45, 2.75) is 19.4 Å². The second-order valence-corrected chi connectivity index (χ2v) is 4.14. The van der Waals surface area contributed by atoms with Crippen LogP contribution in [0.5, 0.6) is 0 Å². The molecule has 0 unspecified atom stereocenters. The second kappa shape index (κ2) is 9.06. The Bertz CT molecular complexity index is 431. The minimum Gasteiger partial charge on any atom is -0.469 e. The third kappa shape index (κ3) is 6.31. The van der Waals surface area contributed by atoms with Gasteiger partial charge in [0.2, 0.25) is 5.91 Å². The number of amides is 1. The summed E-state index contributed by atoms with van der Waals surface area (Å²) in [4.78, 5) is 22.4. The molecule has 1 aromatic carbocycles. The third-order valence-corrected chi connectivity index (χ3v) is 2.63. The van der Waals surface area contributed by atoms with E-state index in [4.69, 9.17) is 10.5 Å². The average molecular weight is 280 g/mol. The van der Waals surface area contributed by atoms with Gasteiger partial charge in [-0.3, -0.25) is 9.59 Å². The standard InChI is InChI=1S/C14H20N2O4/c1-19-14(18)7-9-20-8-6-13(17)16-12-4-2-11(10-15)3-5-12/h2-5H,6-10,15H2,1H3,(H,16,17). The lowest BCUT2D eigenvalue weighted by Crippen LogP contribution is -2.15. The molecule has 0 saturated heterocycles. The SMILES string of the molecule is COC(=O)CCOCCC(=O)Nc1ccc(CN)cc1. The van der Waals surface area contributed by atoms with Gasteiger partial charge in [-0.2, -0.15) is 0 Å². The number of methoxy groups -OCH3 is 1. The number of ether oxygens (including phenoxy) is 2. The van der Waals surface area contributed by atoms with Crippen molar-refractivity contribution in [3.63, 3.8) is 0 Å². The van der Waals surface area contributed by atoms with E-state index in [1.54, 1.807) is 12.1 Å². The lowest BCUT2D eigenvalue weighted by Gasteiger charge is -2.06. The van der Waals surface area contributed by atoms with Gasteiger partial charge >= 0.3 is 5.97 Å². The van der Waals surface area contributed by atoms with Crippen LogP contribution in [0.3, 0.4) is 0 Å². The van der Waals surface area contributed by atoms with Gasteiger partial charge in [0.25, 0.3) is 0 Å². The molecule has 0 aromatic heterocycles.